The van der Waals surface area contributed by atoms with Crippen molar-refractivity contribution >= 4 is 5.97 Å². The molecule has 1 aliphatic rings. The molecule has 0 N–H and O–H groups in total. The molecular formula is C12H20O3. The highest BCUT2D eigenvalue weighted by Crippen LogP contribution is 2.24. The molecule has 3 heteroatoms. The van der Waals surface area contributed by atoms with Crippen molar-refractivity contribution in [1.29, 1.82) is 0 Å². The maximum atomic E-state index is 10.7. The lowest BCUT2D eigenvalue weighted by molar-refractivity contribution is -0.137. The normalized spacial score (nSPS) is 20.7. The second-order valence-corrected chi connectivity index (χ2v) is 4.07. The molecule has 0 aromatic rings. The van der Waals surface area contributed by atoms with E-state index in [2.05, 4.69) is 13.5 Å². The highest BCUT2D eigenvalue weighted by molar-refractivity contribution is 5.81. The van der Waals surface area contributed by atoms with E-state index in [1.165, 1.54) is 18.9 Å². The second kappa shape index (κ2) is 6.62. The van der Waals surface area contributed by atoms with Crippen LogP contribution in [0.1, 0.15) is 32.6 Å². The van der Waals surface area contributed by atoms with Gasteiger partial charge in [0.1, 0.15) is 0 Å². The Labute approximate surface area is 91.4 Å². The summed E-state index contributed by atoms with van der Waals surface area (Å²) in [6, 6.07) is 0. The van der Waals surface area contributed by atoms with Crippen LogP contribution in [0.5, 0.6) is 0 Å². The van der Waals surface area contributed by atoms with E-state index in [0.717, 1.165) is 19.4 Å². The summed E-state index contributed by atoms with van der Waals surface area (Å²) in [6.07, 6.45) is 6.17. The Balaban J connectivity index is 1.84. The first-order valence-electron chi connectivity index (χ1n) is 5.65. The van der Waals surface area contributed by atoms with E-state index >= 15 is 0 Å². The summed E-state index contributed by atoms with van der Waals surface area (Å²) in [6.45, 7) is 7.02. The summed E-state index contributed by atoms with van der Waals surface area (Å²) >= 11 is 0. The molecule has 0 aromatic heterocycles. The van der Waals surface area contributed by atoms with Gasteiger partial charge in [0.15, 0.2) is 0 Å². The number of epoxide rings is 1. The molecule has 0 bridgehead atoms. The second-order valence-electron chi connectivity index (χ2n) is 4.07. The summed E-state index contributed by atoms with van der Waals surface area (Å²) in [5, 5.41) is 0. The first-order valence-corrected chi connectivity index (χ1v) is 5.65. The SMILES string of the molecule is C=CC(=O)OCCCCCC(C)C1CO1. The maximum absolute atomic E-state index is 10.7. The molecule has 1 heterocycles. The molecule has 15 heavy (non-hydrogen) atoms. The molecule has 1 saturated heterocycles. The van der Waals surface area contributed by atoms with Crippen molar-refractivity contribution in [2.24, 2.45) is 5.92 Å². The average Bonchev–Trinajstić information content (AvgIpc) is 3.05. The van der Waals surface area contributed by atoms with Crippen molar-refractivity contribution in [2.75, 3.05) is 13.2 Å². The summed E-state index contributed by atoms with van der Waals surface area (Å²) in [4.78, 5) is 10.7. The highest BCUT2D eigenvalue weighted by atomic mass is 16.6. The number of hydrogen-bond donors (Lipinski definition) is 0. The molecule has 1 rings (SSSR count). The Bertz CT molecular complexity index is 209. The molecule has 1 aliphatic heterocycles. The van der Waals surface area contributed by atoms with Crippen LogP contribution < -0.4 is 0 Å². The Morgan fingerprint density at radius 1 is 1.60 bits per heavy atom. The third kappa shape index (κ3) is 5.57. The molecule has 86 valence electrons. The van der Waals surface area contributed by atoms with Gasteiger partial charge in [0.25, 0.3) is 0 Å². The molecule has 0 aromatic carbocycles. The molecule has 0 radical (unpaired) electrons. The Morgan fingerprint density at radius 3 is 2.93 bits per heavy atom. The number of unbranched alkanes of at least 4 members (excludes halogenated alkanes) is 2. The van der Waals surface area contributed by atoms with Crippen LogP contribution in [-0.4, -0.2) is 25.3 Å². The lowest BCUT2D eigenvalue weighted by Crippen LogP contribution is -2.04. The van der Waals surface area contributed by atoms with Crippen molar-refractivity contribution in [1.82, 2.24) is 0 Å². The van der Waals surface area contributed by atoms with Crippen molar-refractivity contribution < 1.29 is 14.3 Å². The third-order valence-electron chi connectivity index (χ3n) is 2.71. The highest BCUT2D eigenvalue weighted by Gasteiger charge is 2.28. The number of carbonyl (C=O) groups excluding carboxylic acids is 1. The minimum atomic E-state index is -0.324. The van der Waals surface area contributed by atoms with Gasteiger partial charge in [-0.15, -0.1) is 0 Å². The van der Waals surface area contributed by atoms with Crippen LogP contribution in [0.4, 0.5) is 0 Å². The predicted molar refractivity (Wildman–Crippen MR) is 58.5 cm³/mol. The smallest absolute Gasteiger partial charge is 0.330 e. The maximum Gasteiger partial charge on any atom is 0.330 e. The minimum absolute atomic E-state index is 0.324. The van der Waals surface area contributed by atoms with E-state index in [1.54, 1.807) is 0 Å². The van der Waals surface area contributed by atoms with Gasteiger partial charge >= 0.3 is 5.97 Å². The van der Waals surface area contributed by atoms with E-state index < -0.39 is 0 Å². The lowest BCUT2D eigenvalue weighted by Gasteiger charge is -2.07. The summed E-state index contributed by atoms with van der Waals surface area (Å²) in [5.41, 5.74) is 0. The van der Waals surface area contributed by atoms with E-state index in [0.29, 0.717) is 18.6 Å². The number of ether oxygens (including phenoxy) is 2. The molecule has 2 unspecified atom stereocenters. The van der Waals surface area contributed by atoms with Gasteiger partial charge < -0.3 is 9.47 Å². The van der Waals surface area contributed by atoms with Gasteiger partial charge in [0, 0.05) is 6.08 Å². The van der Waals surface area contributed by atoms with Gasteiger partial charge in [-0.1, -0.05) is 26.3 Å². The van der Waals surface area contributed by atoms with Crippen molar-refractivity contribution in [3.05, 3.63) is 12.7 Å². The average molecular weight is 212 g/mol. The lowest BCUT2D eigenvalue weighted by atomic mass is 10.0. The predicted octanol–water partition coefficient (Wildman–Crippen LogP) is 2.31. The van der Waals surface area contributed by atoms with E-state index in [-0.39, 0.29) is 5.97 Å². The Morgan fingerprint density at radius 2 is 2.33 bits per heavy atom. The van der Waals surface area contributed by atoms with E-state index in [4.69, 9.17) is 9.47 Å². The fourth-order valence-corrected chi connectivity index (χ4v) is 1.55. The zero-order valence-corrected chi connectivity index (χ0v) is 9.41. The summed E-state index contributed by atoms with van der Waals surface area (Å²) in [5.74, 6) is 0.357. The van der Waals surface area contributed by atoms with Crippen molar-refractivity contribution in [3.63, 3.8) is 0 Å². The van der Waals surface area contributed by atoms with E-state index in [9.17, 15) is 4.79 Å². The van der Waals surface area contributed by atoms with E-state index in [1.807, 2.05) is 0 Å². The fourth-order valence-electron chi connectivity index (χ4n) is 1.55. The van der Waals surface area contributed by atoms with Gasteiger partial charge in [-0.3, -0.25) is 0 Å². The van der Waals surface area contributed by atoms with Crippen LogP contribution >= 0.6 is 0 Å². The topological polar surface area (TPSA) is 38.8 Å². The number of hydrogen-bond acceptors (Lipinski definition) is 3. The fraction of sp³-hybridized carbons (Fsp3) is 0.750. The molecule has 0 aliphatic carbocycles. The zero-order chi connectivity index (χ0) is 11.1. The molecule has 1 fully saturated rings. The van der Waals surface area contributed by atoms with Crippen LogP contribution in [0.2, 0.25) is 0 Å². The van der Waals surface area contributed by atoms with Crippen LogP contribution in [0.3, 0.4) is 0 Å². The van der Waals surface area contributed by atoms with Crippen LogP contribution in [0, 0.1) is 5.92 Å². The van der Waals surface area contributed by atoms with Crippen LogP contribution in [0.25, 0.3) is 0 Å². The quantitative estimate of drug-likeness (QED) is 0.268. The largest absolute Gasteiger partial charge is 0.463 e. The summed E-state index contributed by atoms with van der Waals surface area (Å²) < 4.78 is 10.1. The zero-order valence-electron chi connectivity index (χ0n) is 9.41. The number of rotatable bonds is 8. The number of carbonyl (C=O) groups is 1. The van der Waals surface area contributed by atoms with Gasteiger partial charge in [-0.2, -0.15) is 0 Å². The first-order chi connectivity index (χ1) is 7.24. The molecule has 3 nitrogen and oxygen atoms in total. The van der Waals surface area contributed by atoms with Crippen molar-refractivity contribution in [3.8, 4) is 0 Å². The summed E-state index contributed by atoms with van der Waals surface area (Å²) in [7, 11) is 0. The monoisotopic (exact) mass is 212 g/mol. The molecule has 0 amide bonds. The molecular weight excluding hydrogens is 192 g/mol. The third-order valence-corrected chi connectivity index (χ3v) is 2.71. The van der Waals surface area contributed by atoms with Crippen molar-refractivity contribution in [2.45, 2.75) is 38.7 Å². The van der Waals surface area contributed by atoms with Crippen LogP contribution in [-0.2, 0) is 14.3 Å². The van der Waals surface area contributed by atoms with Gasteiger partial charge in [-0.25, -0.2) is 4.79 Å². The van der Waals surface area contributed by atoms with Gasteiger partial charge in [-0.05, 0) is 18.8 Å². The molecule has 2 atom stereocenters. The Kier molecular flexibility index (Phi) is 5.40. The van der Waals surface area contributed by atoms with Gasteiger partial charge in [0.05, 0.1) is 19.3 Å². The molecule has 0 saturated carbocycles. The molecule has 0 spiro atoms. The minimum Gasteiger partial charge on any atom is -0.463 e. The van der Waals surface area contributed by atoms with Crippen LogP contribution in [0.15, 0.2) is 12.7 Å². The Hall–Kier alpha value is -0.830. The van der Waals surface area contributed by atoms with Gasteiger partial charge in [0.2, 0.25) is 0 Å². The standard InChI is InChI=1S/C12H20O3/c1-3-12(13)14-8-6-4-5-7-10(2)11-9-15-11/h3,10-11H,1,4-9H2,2H3. The first kappa shape index (κ1) is 12.2. The number of esters is 1.